The number of nitrogens with one attached hydrogen (secondary N) is 1. The molecule has 1 aromatic heterocycles. The summed E-state index contributed by atoms with van der Waals surface area (Å²) in [5.74, 6) is 0.0204. The van der Waals surface area contributed by atoms with Crippen LogP contribution in [0.4, 0.5) is 11.4 Å². The third-order valence-electron chi connectivity index (χ3n) is 3.87. The van der Waals surface area contributed by atoms with Crippen LogP contribution in [0.5, 0.6) is 0 Å². The standard InChI is InChI=1S/C17H19N3O4/c1-3-12(2)13-4-6-14(7-5-13)18-16(21)11-19-10-15(20(23)24)8-9-17(19)22/h4-10,12H,3,11H2,1-2H3,(H,18,21)/t12-/m0/s1. The predicted molar refractivity (Wildman–Crippen MR) is 91.1 cm³/mol. The summed E-state index contributed by atoms with van der Waals surface area (Å²) in [6.45, 7) is 3.95. The van der Waals surface area contributed by atoms with Crippen molar-refractivity contribution in [2.75, 3.05) is 5.32 Å². The highest BCUT2D eigenvalue weighted by Gasteiger charge is 2.11. The van der Waals surface area contributed by atoms with Gasteiger partial charge in [0.15, 0.2) is 0 Å². The van der Waals surface area contributed by atoms with Crippen molar-refractivity contribution < 1.29 is 9.72 Å². The Morgan fingerprint density at radius 1 is 1.25 bits per heavy atom. The molecule has 1 heterocycles. The van der Waals surface area contributed by atoms with E-state index in [1.807, 2.05) is 12.1 Å². The fraction of sp³-hybridized carbons (Fsp3) is 0.294. The first-order valence-corrected chi connectivity index (χ1v) is 7.65. The summed E-state index contributed by atoms with van der Waals surface area (Å²) >= 11 is 0. The predicted octanol–water partition coefficient (Wildman–Crippen LogP) is 2.91. The van der Waals surface area contributed by atoms with Crippen LogP contribution in [-0.4, -0.2) is 15.4 Å². The number of anilines is 1. The number of hydrogen-bond acceptors (Lipinski definition) is 4. The van der Waals surface area contributed by atoms with Gasteiger partial charge in [0.25, 0.3) is 11.2 Å². The summed E-state index contributed by atoms with van der Waals surface area (Å²) in [5, 5.41) is 13.4. The molecular formula is C17H19N3O4. The van der Waals surface area contributed by atoms with E-state index in [2.05, 4.69) is 19.2 Å². The minimum atomic E-state index is -0.610. The van der Waals surface area contributed by atoms with Crippen LogP contribution in [0.3, 0.4) is 0 Å². The van der Waals surface area contributed by atoms with E-state index in [0.29, 0.717) is 11.6 Å². The molecular weight excluding hydrogens is 310 g/mol. The number of aromatic nitrogens is 1. The van der Waals surface area contributed by atoms with Gasteiger partial charge in [-0.05, 0) is 30.0 Å². The maximum atomic E-state index is 12.0. The van der Waals surface area contributed by atoms with Crippen LogP contribution in [0.2, 0.25) is 0 Å². The van der Waals surface area contributed by atoms with Crippen molar-refractivity contribution in [1.82, 2.24) is 4.57 Å². The molecule has 0 aliphatic rings. The Hall–Kier alpha value is -2.96. The van der Waals surface area contributed by atoms with Crippen LogP contribution in [-0.2, 0) is 11.3 Å². The Kier molecular flexibility index (Phi) is 5.47. The SMILES string of the molecule is CC[C@H](C)c1ccc(NC(=O)Cn2cc([N+](=O)[O-])ccc2=O)cc1. The zero-order chi connectivity index (χ0) is 17.7. The number of carbonyl (C=O) groups excluding carboxylic acids is 1. The van der Waals surface area contributed by atoms with Crippen LogP contribution < -0.4 is 10.9 Å². The van der Waals surface area contributed by atoms with Crippen molar-refractivity contribution in [1.29, 1.82) is 0 Å². The first kappa shape index (κ1) is 17.4. The molecule has 2 rings (SSSR count). The third-order valence-corrected chi connectivity index (χ3v) is 3.87. The normalized spacial score (nSPS) is 11.8. The highest BCUT2D eigenvalue weighted by Crippen LogP contribution is 2.20. The van der Waals surface area contributed by atoms with Crippen molar-refractivity contribution in [2.45, 2.75) is 32.7 Å². The molecule has 7 heteroatoms. The molecule has 0 saturated carbocycles. The highest BCUT2D eigenvalue weighted by molar-refractivity contribution is 5.90. The van der Waals surface area contributed by atoms with Gasteiger partial charge in [-0.1, -0.05) is 26.0 Å². The second-order valence-electron chi connectivity index (χ2n) is 5.59. The summed E-state index contributed by atoms with van der Waals surface area (Å²) in [6, 6.07) is 9.69. The molecule has 0 aliphatic heterocycles. The third kappa shape index (κ3) is 4.28. The smallest absolute Gasteiger partial charge is 0.285 e. The molecule has 0 saturated heterocycles. The monoisotopic (exact) mass is 329 g/mol. The van der Waals surface area contributed by atoms with E-state index in [1.165, 1.54) is 5.56 Å². The van der Waals surface area contributed by atoms with Crippen molar-refractivity contribution in [3.8, 4) is 0 Å². The molecule has 0 bridgehead atoms. The quantitative estimate of drug-likeness (QED) is 0.651. The van der Waals surface area contributed by atoms with Gasteiger partial charge in [0.2, 0.25) is 5.91 Å². The van der Waals surface area contributed by atoms with Gasteiger partial charge in [-0.2, -0.15) is 0 Å². The zero-order valence-corrected chi connectivity index (χ0v) is 13.6. The van der Waals surface area contributed by atoms with Gasteiger partial charge in [-0.3, -0.25) is 24.3 Å². The fourth-order valence-corrected chi connectivity index (χ4v) is 2.24. The van der Waals surface area contributed by atoms with Crippen molar-refractivity contribution in [3.05, 3.63) is 68.6 Å². The average molecular weight is 329 g/mol. The van der Waals surface area contributed by atoms with Gasteiger partial charge < -0.3 is 5.32 Å². The summed E-state index contributed by atoms with van der Waals surface area (Å²) < 4.78 is 1.01. The Morgan fingerprint density at radius 3 is 2.50 bits per heavy atom. The van der Waals surface area contributed by atoms with E-state index >= 15 is 0 Å². The molecule has 0 aliphatic carbocycles. The van der Waals surface area contributed by atoms with Crippen molar-refractivity contribution >= 4 is 17.3 Å². The second-order valence-corrected chi connectivity index (χ2v) is 5.59. The number of carbonyl (C=O) groups is 1. The largest absolute Gasteiger partial charge is 0.325 e. The van der Waals surface area contributed by atoms with Gasteiger partial charge in [0, 0.05) is 17.8 Å². The van der Waals surface area contributed by atoms with Gasteiger partial charge in [0.05, 0.1) is 11.1 Å². The average Bonchev–Trinajstić information content (AvgIpc) is 2.56. The molecule has 0 unspecified atom stereocenters. The molecule has 7 nitrogen and oxygen atoms in total. The highest BCUT2D eigenvalue weighted by atomic mass is 16.6. The molecule has 2 aromatic rings. The fourth-order valence-electron chi connectivity index (χ4n) is 2.24. The Labute approximate surface area is 139 Å². The molecule has 1 amide bonds. The summed E-state index contributed by atoms with van der Waals surface area (Å²) in [6.07, 6.45) is 2.09. The second kappa shape index (κ2) is 7.54. The Balaban J connectivity index is 2.07. The number of nitro groups is 1. The maximum Gasteiger partial charge on any atom is 0.285 e. The lowest BCUT2D eigenvalue weighted by Crippen LogP contribution is -2.26. The van der Waals surface area contributed by atoms with Gasteiger partial charge in [-0.15, -0.1) is 0 Å². The summed E-state index contributed by atoms with van der Waals surface area (Å²) in [4.78, 5) is 33.9. The van der Waals surface area contributed by atoms with E-state index in [4.69, 9.17) is 0 Å². The van der Waals surface area contributed by atoms with E-state index in [-0.39, 0.29) is 12.2 Å². The van der Waals surface area contributed by atoms with Crippen LogP contribution in [0.15, 0.2) is 47.4 Å². The summed E-state index contributed by atoms with van der Waals surface area (Å²) in [5.41, 5.74) is 1.10. The minimum absolute atomic E-state index is 0.236. The Morgan fingerprint density at radius 2 is 1.92 bits per heavy atom. The maximum absolute atomic E-state index is 12.0. The van der Waals surface area contributed by atoms with Crippen LogP contribution >= 0.6 is 0 Å². The van der Waals surface area contributed by atoms with Crippen molar-refractivity contribution in [3.63, 3.8) is 0 Å². The van der Waals surface area contributed by atoms with Gasteiger partial charge >= 0.3 is 0 Å². The van der Waals surface area contributed by atoms with Crippen LogP contribution in [0, 0.1) is 10.1 Å². The molecule has 1 aromatic carbocycles. The first-order chi connectivity index (χ1) is 11.4. The zero-order valence-electron chi connectivity index (χ0n) is 13.6. The molecule has 0 radical (unpaired) electrons. The van der Waals surface area contributed by atoms with Crippen LogP contribution in [0.25, 0.3) is 0 Å². The van der Waals surface area contributed by atoms with E-state index in [9.17, 15) is 19.7 Å². The molecule has 1 N–H and O–H groups in total. The number of pyridine rings is 1. The van der Waals surface area contributed by atoms with Crippen LogP contribution in [0.1, 0.15) is 31.7 Å². The minimum Gasteiger partial charge on any atom is -0.325 e. The summed E-state index contributed by atoms with van der Waals surface area (Å²) in [7, 11) is 0. The lowest BCUT2D eigenvalue weighted by atomic mass is 9.99. The number of rotatable bonds is 6. The molecule has 1 atom stereocenters. The number of hydrogen-bond donors (Lipinski definition) is 1. The molecule has 24 heavy (non-hydrogen) atoms. The van der Waals surface area contributed by atoms with E-state index in [1.54, 1.807) is 12.1 Å². The topological polar surface area (TPSA) is 94.2 Å². The first-order valence-electron chi connectivity index (χ1n) is 7.65. The molecule has 0 fully saturated rings. The molecule has 0 spiro atoms. The number of benzene rings is 1. The molecule has 126 valence electrons. The van der Waals surface area contributed by atoms with E-state index in [0.717, 1.165) is 29.3 Å². The lowest BCUT2D eigenvalue weighted by molar-refractivity contribution is -0.385. The van der Waals surface area contributed by atoms with Crippen molar-refractivity contribution in [2.24, 2.45) is 0 Å². The number of amides is 1. The Bertz CT molecular complexity index is 796. The van der Waals surface area contributed by atoms with Gasteiger partial charge in [-0.25, -0.2) is 0 Å². The van der Waals surface area contributed by atoms with E-state index < -0.39 is 16.4 Å². The van der Waals surface area contributed by atoms with Gasteiger partial charge in [0.1, 0.15) is 6.54 Å². The lowest BCUT2D eigenvalue weighted by Gasteiger charge is -2.11. The number of nitrogens with zero attached hydrogens (tertiary/aromatic N) is 2.